The van der Waals surface area contributed by atoms with Crippen LogP contribution in [0.5, 0.6) is 5.75 Å². The van der Waals surface area contributed by atoms with Gasteiger partial charge in [-0.2, -0.15) is 5.26 Å². The van der Waals surface area contributed by atoms with E-state index in [0.29, 0.717) is 11.3 Å². The second-order valence-electron chi connectivity index (χ2n) is 4.18. The largest absolute Gasteiger partial charge is 0.466 e. The predicted octanol–water partition coefficient (Wildman–Crippen LogP) is 1.78. The fraction of sp³-hybridized carbons (Fsp3) is 0.357. The van der Waals surface area contributed by atoms with Gasteiger partial charge in [-0.25, -0.2) is 0 Å². The highest BCUT2D eigenvalue weighted by atomic mass is 16.5. The average molecular weight is 259 g/mol. The van der Waals surface area contributed by atoms with Crippen LogP contribution in [0.3, 0.4) is 0 Å². The van der Waals surface area contributed by atoms with Gasteiger partial charge in [0.05, 0.1) is 19.1 Å². The molecule has 0 radical (unpaired) electrons. The number of ether oxygens (including phenoxy) is 2. The van der Waals surface area contributed by atoms with Crippen LogP contribution in [0.4, 0.5) is 0 Å². The molecule has 5 nitrogen and oxygen atoms in total. The Balaban J connectivity index is 2.34. The number of nitriles is 1. The monoisotopic (exact) mass is 259 g/mol. The zero-order valence-electron chi connectivity index (χ0n) is 10.5. The summed E-state index contributed by atoms with van der Waals surface area (Å²) < 4.78 is 9.98. The Labute approximate surface area is 110 Å². The van der Waals surface area contributed by atoms with Crippen LogP contribution in [0.1, 0.15) is 24.8 Å². The minimum atomic E-state index is -0.973. The van der Waals surface area contributed by atoms with Gasteiger partial charge in [0.1, 0.15) is 5.75 Å². The zero-order valence-corrected chi connectivity index (χ0v) is 10.5. The molecule has 0 aliphatic carbocycles. The number of benzene rings is 1. The first kappa shape index (κ1) is 13.1. The van der Waals surface area contributed by atoms with E-state index in [4.69, 9.17) is 14.7 Å². The number of fused-ring (bicyclic) bond motifs is 1. The lowest BCUT2D eigenvalue weighted by Gasteiger charge is -2.27. The fourth-order valence-electron chi connectivity index (χ4n) is 2.17. The smallest absolute Gasteiger partial charge is 0.329 e. The molecular formula is C14H13NO4. The summed E-state index contributed by atoms with van der Waals surface area (Å²) >= 11 is 0. The van der Waals surface area contributed by atoms with E-state index in [1.807, 2.05) is 6.07 Å². The maximum Gasteiger partial charge on any atom is 0.329 e. The molecule has 2 rings (SSSR count). The molecule has 2 unspecified atom stereocenters. The molecule has 5 heteroatoms. The quantitative estimate of drug-likeness (QED) is 0.611. The normalized spacial score (nSPS) is 20.9. The number of nitrogens with zero attached hydrogens (tertiary/aromatic N) is 1. The summed E-state index contributed by atoms with van der Waals surface area (Å²) in [6, 6.07) is 8.84. The van der Waals surface area contributed by atoms with Crippen molar-refractivity contribution in [2.24, 2.45) is 5.92 Å². The summed E-state index contributed by atoms with van der Waals surface area (Å²) in [5, 5.41) is 9.10. The van der Waals surface area contributed by atoms with Crippen LogP contribution in [0, 0.1) is 17.2 Å². The molecule has 0 bridgehead atoms. The van der Waals surface area contributed by atoms with Gasteiger partial charge < -0.3 is 9.47 Å². The SMILES string of the molecule is CCOC(=O)CC1c2ccccc2OC(=O)C1C#N. The topological polar surface area (TPSA) is 76.4 Å². The number of esters is 2. The van der Waals surface area contributed by atoms with E-state index in [-0.39, 0.29) is 13.0 Å². The Morgan fingerprint density at radius 1 is 1.47 bits per heavy atom. The molecule has 0 N–H and O–H groups in total. The van der Waals surface area contributed by atoms with E-state index in [0.717, 1.165) is 0 Å². The molecule has 1 heterocycles. The number of para-hydroxylation sites is 1. The van der Waals surface area contributed by atoms with Crippen molar-refractivity contribution in [3.8, 4) is 11.8 Å². The average Bonchev–Trinajstić information content (AvgIpc) is 2.39. The highest BCUT2D eigenvalue weighted by molar-refractivity contribution is 5.83. The molecule has 0 saturated carbocycles. The van der Waals surface area contributed by atoms with Gasteiger partial charge in [0.15, 0.2) is 5.92 Å². The first-order valence-electron chi connectivity index (χ1n) is 6.03. The van der Waals surface area contributed by atoms with Gasteiger partial charge in [-0.05, 0) is 13.0 Å². The van der Waals surface area contributed by atoms with Crippen LogP contribution in [0.15, 0.2) is 24.3 Å². The molecule has 1 aliphatic rings. The lowest BCUT2D eigenvalue weighted by molar-refractivity contribution is -0.145. The number of carbonyl (C=O) groups excluding carboxylic acids is 2. The lowest BCUT2D eigenvalue weighted by Crippen LogP contribution is -2.32. The number of hydrogen-bond acceptors (Lipinski definition) is 5. The van der Waals surface area contributed by atoms with E-state index in [9.17, 15) is 9.59 Å². The Morgan fingerprint density at radius 2 is 2.21 bits per heavy atom. The second kappa shape index (κ2) is 5.53. The van der Waals surface area contributed by atoms with Crippen molar-refractivity contribution in [1.82, 2.24) is 0 Å². The Kier molecular flexibility index (Phi) is 3.81. The molecule has 1 aliphatic heterocycles. The molecule has 0 aromatic heterocycles. The van der Waals surface area contributed by atoms with Gasteiger partial charge in [-0.1, -0.05) is 18.2 Å². The van der Waals surface area contributed by atoms with Crippen molar-refractivity contribution in [1.29, 1.82) is 5.26 Å². The molecule has 1 aromatic carbocycles. The Hall–Kier alpha value is -2.35. The zero-order chi connectivity index (χ0) is 13.8. The summed E-state index contributed by atoms with van der Waals surface area (Å²) in [5.41, 5.74) is 0.696. The third-order valence-electron chi connectivity index (χ3n) is 3.02. The molecular weight excluding hydrogens is 246 g/mol. The van der Waals surface area contributed by atoms with Crippen LogP contribution >= 0.6 is 0 Å². The van der Waals surface area contributed by atoms with Crippen molar-refractivity contribution in [2.75, 3.05) is 6.61 Å². The Bertz CT molecular complexity index is 547. The van der Waals surface area contributed by atoms with Gasteiger partial charge in [0.2, 0.25) is 0 Å². The van der Waals surface area contributed by atoms with E-state index >= 15 is 0 Å². The molecule has 0 saturated heterocycles. The van der Waals surface area contributed by atoms with Crippen LogP contribution in [-0.2, 0) is 14.3 Å². The molecule has 0 spiro atoms. The number of rotatable bonds is 3. The molecule has 19 heavy (non-hydrogen) atoms. The van der Waals surface area contributed by atoms with Crippen LogP contribution in [0.2, 0.25) is 0 Å². The summed E-state index contributed by atoms with van der Waals surface area (Å²) in [6.07, 6.45) is -0.00181. The van der Waals surface area contributed by atoms with Crippen molar-refractivity contribution in [3.63, 3.8) is 0 Å². The maximum atomic E-state index is 11.7. The van der Waals surface area contributed by atoms with Crippen LogP contribution in [-0.4, -0.2) is 18.5 Å². The first-order valence-corrected chi connectivity index (χ1v) is 6.03. The Morgan fingerprint density at radius 3 is 2.89 bits per heavy atom. The lowest BCUT2D eigenvalue weighted by atomic mass is 9.82. The standard InChI is InChI=1S/C14H13NO4/c1-2-18-13(16)7-10-9-5-3-4-6-12(9)19-14(17)11(10)8-15/h3-6,10-11H,2,7H2,1H3. The highest BCUT2D eigenvalue weighted by Crippen LogP contribution is 2.39. The van der Waals surface area contributed by atoms with Crippen LogP contribution < -0.4 is 4.74 Å². The molecule has 0 fully saturated rings. The van der Waals surface area contributed by atoms with Gasteiger partial charge >= 0.3 is 11.9 Å². The van der Waals surface area contributed by atoms with Gasteiger partial charge in [-0.3, -0.25) is 9.59 Å². The van der Waals surface area contributed by atoms with E-state index in [1.165, 1.54) is 0 Å². The summed E-state index contributed by atoms with van der Waals surface area (Å²) in [5.74, 6) is -2.11. The van der Waals surface area contributed by atoms with Crippen LogP contribution in [0.25, 0.3) is 0 Å². The van der Waals surface area contributed by atoms with E-state index < -0.39 is 23.8 Å². The van der Waals surface area contributed by atoms with Crippen molar-refractivity contribution < 1.29 is 19.1 Å². The van der Waals surface area contributed by atoms with Crippen molar-refractivity contribution in [3.05, 3.63) is 29.8 Å². The fourth-order valence-corrected chi connectivity index (χ4v) is 2.17. The molecule has 2 atom stereocenters. The summed E-state index contributed by atoms with van der Waals surface area (Å²) in [4.78, 5) is 23.3. The van der Waals surface area contributed by atoms with E-state index in [1.54, 1.807) is 31.2 Å². The third-order valence-corrected chi connectivity index (χ3v) is 3.02. The van der Waals surface area contributed by atoms with Gasteiger partial charge in [0, 0.05) is 11.5 Å². The molecule has 1 aromatic rings. The first-order chi connectivity index (χ1) is 9.17. The summed E-state index contributed by atoms with van der Waals surface area (Å²) in [6.45, 7) is 1.98. The van der Waals surface area contributed by atoms with Gasteiger partial charge in [-0.15, -0.1) is 0 Å². The summed E-state index contributed by atoms with van der Waals surface area (Å²) in [7, 11) is 0. The maximum absolute atomic E-state index is 11.7. The van der Waals surface area contributed by atoms with E-state index in [2.05, 4.69) is 0 Å². The van der Waals surface area contributed by atoms with Crippen molar-refractivity contribution >= 4 is 11.9 Å². The number of carbonyl (C=O) groups is 2. The molecule has 98 valence electrons. The third kappa shape index (κ3) is 2.58. The molecule has 0 amide bonds. The highest BCUT2D eigenvalue weighted by Gasteiger charge is 2.39. The minimum absolute atomic E-state index is 0.00181. The second-order valence-corrected chi connectivity index (χ2v) is 4.18. The minimum Gasteiger partial charge on any atom is -0.466 e. The van der Waals surface area contributed by atoms with Gasteiger partial charge in [0.25, 0.3) is 0 Å². The number of hydrogen-bond donors (Lipinski definition) is 0. The predicted molar refractivity (Wildman–Crippen MR) is 65.2 cm³/mol. The van der Waals surface area contributed by atoms with Crippen molar-refractivity contribution in [2.45, 2.75) is 19.3 Å².